The predicted octanol–water partition coefficient (Wildman–Crippen LogP) is 5.48. The third-order valence-electron chi connectivity index (χ3n) is 4.53. The van der Waals surface area contributed by atoms with Gasteiger partial charge in [-0.05, 0) is 43.2 Å². The van der Waals surface area contributed by atoms with E-state index in [1.165, 1.54) is 16.3 Å². The minimum atomic E-state index is -0.190. The van der Waals surface area contributed by atoms with Crippen molar-refractivity contribution in [3.8, 4) is 5.69 Å². The zero-order valence-corrected chi connectivity index (χ0v) is 19.0. The molecule has 158 valence electrons. The van der Waals surface area contributed by atoms with Crippen LogP contribution < -0.4 is 10.9 Å². The van der Waals surface area contributed by atoms with Crippen molar-refractivity contribution in [2.45, 2.75) is 37.8 Å². The number of nitrogens with one attached hydrogen (secondary N) is 1. The van der Waals surface area contributed by atoms with E-state index >= 15 is 0 Å². The van der Waals surface area contributed by atoms with E-state index in [1.807, 2.05) is 18.2 Å². The van der Waals surface area contributed by atoms with Crippen LogP contribution >= 0.6 is 35.0 Å². The smallest absolute Gasteiger partial charge is 0.266 e. The maximum Gasteiger partial charge on any atom is 0.266 e. The molecule has 0 aliphatic carbocycles. The van der Waals surface area contributed by atoms with Crippen molar-refractivity contribution in [2.75, 3.05) is 12.3 Å². The summed E-state index contributed by atoms with van der Waals surface area (Å²) in [6.07, 6.45) is 3.15. The summed E-state index contributed by atoms with van der Waals surface area (Å²) in [5, 5.41) is 4.84. The molecule has 0 spiro atoms. The van der Waals surface area contributed by atoms with Gasteiger partial charge in [-0.2, -0.15) is 0 Å². The number of thioether (sulfide) groups is 1. The third kappa shape index (κ3) is 5.56. The van der Waals surface area contributed by atoms with Crippen molar-refractivity contribution in [3.05, 3.63) is 62.9 Å². The predicted molar refractivity (Wildman–Crippen MR) is 125 cm³/mol. The quantitative estimate of drug-likeness (QED) is 0.259. The van der Waals surface area contributed by atoms with Crippen LogP contribution in [0.2, 0.25) is 10.0 Å². The van der Waals surface area contributed by atoms with E-state index in [1.54, 1.807) is 24.3 Å². The van der Waals surface area contributed by atoms with E-state index in [-0.39, 0.29) is 11.5 Å². The molecule has 0 saturated carbocycles. The Morgan fingerprint density at radius 2 is 1.97 bits per heavy atom. The van der Waals surface area contributed by atoms with Gasteiger partial charge in [-0.25, -0.2) is 4.98 Å². The van der Waals surface area contributed by atoms with Crippen molar-refractivity contribution >= 4 is 51.8 Å². The third-order valence-corrected chi connectivity index (χ3v) is 6.09. The van der Waals surface area contributed by atoms with Crippen LogP contribution in [0.25, 0.3) is 16.6 Å². The Morgan fingerprint density at radius 3 is 2.73 bits per heavy atom. The van der Waals surface area contributed by atoms with E-state index in [0.717, 1.165) is 12.8 Å². The average Bonchev–Trinajstić information content (AvgIpc) is 2.72. The van der Waals surface area contributed by atoms with Crippen LogP contribution in [0.4, 0.5) is 0 Å². The highest BCUT2D eigenvalue weighted by molar-refractivity contribution is 7.99. The van der Waals surface area contributed by atoms with Gasteiger partial charge in [0.2, 0.25) is 5.91 Å². The maximum atomic E-state index is 13.2. The lowest BCUT2D eigenvalue weighted by Crippen LogP contribution is -2.24. The molecule has 3 rings (SSSR count). The average molecular weight is 464 g/mol. The Kier molecular flexibility index (Phi) is 8.19. The second-order valence-corrected chi connectivity index (χ2v) is 8.71. The number of hydrogen-bond acceptors (Lipinski definition) is 4. The van der Waals surface area contributed by atoms with Crippen molar-refractivity contribution in [1.29, 1.82) is 0 Å². The van der Waals surface area contributed by atoms with Gasteiger partial charge < -0.3 is 5.32 Å². The number of unbranched alkanes of at least 4 members (excludes halogenated alkanes) is 1. The number of fused-ring (bicyclic) bond motifs is 1. The number of aromatic nitrogens is 2. The molecule has 1 heterocycles. The normalized spacial score (nSPS) is 11.0. The lowest BCUT2D eigenvalue weighted by molar-refractivity contribution is -0.121. The molecule has 8 heteroatoms. The summed E-state index contributed by atoms with van der Waals surface area (Å²) in [7, 11) is 0. The minimum Gasteiger partial charge on any atom is -0.356 e. The number of carbonyl (C=O) groups is 1. The molecule has 1 N–H and O–H groups in total. The van der Waals surface area contributed by atoms with E-state index in [4.69, 9.17) is 23.2 Å². The molecule has 0 fully saturated rings. The molecule has 0 atom stereocenters. The molecule has 0 aliphatic rings. The topological polar surface area (TPSA) is 64.0 Å². The molecule has 2 aromatic carbocycles. The van der Waals surface area contributed by atoms with Gasteiger partial charge in [0.1, 0.15) is 0 Å². The summed E-state index contributed by atoms with van der Waals surface area (Å²) in [6, 6.07) is 12.2. The molecule has 1 amide bonds. The number of para-hydroxylation sites is 1. The summed E-state index contributed by atoms with van der Waals surface area (Å²) in [5.74, 6) is 0.700. The molecular formula is C22H23Cl2N3O2S. The second kappa shape index (κ2) is 10.8. The molecule has 0 saturated heterocycles. The van der Waals surface area contributed by atoms with E-state index in [2.05, 4.69) is 17.2 Å². The Labute approximate surface area is 189 Å². The molecule has 0 bridgehead atoms. The Morgan fingerprint density at radius 1 is 1.17 bits per heavy atom. The van der Waals surface area contributed by atoms with E-state index < -0.39 is 0 Å². The van der Waals surface area contributed by atoms with Gasteiger partial charge in [0, 0.05) is 23.7 Å². The summed E-state index contributed by atoms with van der Waals surface area (Å²) in [6.45, 7) is 2.80. The van der Waals surface area contributed by atoms with Crippen molar-refractivity contribution < 1.29 is 4.79 Å². The zero-order chi connectivity index (χ0) is 21.5. The first kappa shape index (κ1) is 22.7. The molecule has 30 heavy (non-hydrogen) atoms. The monoisotopic (exact) mass is 463 g/mol. The lowest BCUT2D eigenvalue weighted by Gasteiger charge is -2.14. The second-order valence-electron chi connectivity index (χ2n) is 6.80. The molecule has 1 aromatic heterocycles. The van der Waals surface area contributed by atoms with Gasteiger partial charge in [-0.15, -0.1) is 0 Å². The lowest BCUT2D eigenvalue weighted by atomic mass is 10.2. The number of carbonyl (C=O) groups excluding carboxylic acids is 1. The van der Waals surface area contributed by atoms with Gasteiger partial charge in [-0.1, -0.05) is 60.4 Å². The number of hydrogen-bond donors (Lipinski definition) is 1. The van der Waals surface area contributed by atoms with Gasteiger partial charge in [-0.3, -0.25) is 14.2 Å². The van der Waals surface area contributed by atoms with Gasteiger partial charge in [0.25, 0.3) is 5.56 Å². The zero-order valence-electron chi connectivity index (χ0n) is 16.7. The minimum absolute atomic E-state index is 0.0497. The summed E-state index contributed by atoms with van der Waals surface area (Å²) in [5.41, 5.74) is 0.970. The van der Waals surface area contributed by atoms with Gasteiger partial charge in [0.15, 0.2) is 5.16 Å². The number of benzene rings is 2. The first-order chi connectivity index (χ1) is 14.5. The van der Waals surface area contributed by atoms with Crippen LogP contribution in [-0.4, -0.2) is 27.8 Å². The molecule has 0 aliphatic heterocycles. The first-order valence-corrected chi connectivity index (χ1v) is 11.6. The number of rotatable bonds is 9. The Bertz CT molecular complexity index is 1100. The van der Waals surface area contributed by atoms with Gasteiger partial charge >= 0.3 is 0 Å². The van der Waals surface area contributed by atoms with Crippen LogP contribution in [0.15, 0.2) is 52.4 Å². The number of nitrogens with zero attached hydrogens (tertiary/aromatic N) is 2. The molecule has 3 aromatic rings. The molecule has 5 nitrogen and oxygen atoms in total. The standard InChI is InChI=1S/C22H23Cl2N3O2S/c1-2-3-12-25-20(28)9-6-13-30-22-26-18-8-5-4-7-16(18)21(29)27(22)19-11-10-15(23)14-17(19)24/h4-5,7-8,10-11,14H,2-3,6,9,12-13H2,1H3,(H,25,28). The molecular weight excluding hydrogens is 441 g/mol. The summed E-state index contributed by atoms with van der Waals surface area (Å²) in [4.78, 5) is 29.8. The Balaban J connectivity index is 1.84. The summed E-state index contributed by atoms with van der Waals surface area (Å²) >= 11 is 13.8. The number of amides is 1. The van der Waals surface area contributed by atoms with Crippen LogP contribution in [0.1, 0.15) is 32.6 Å². The highest BCUT2D eigenvalue weighted by atomic mass is 35.5. The first-order valence-electron chi connectivity index (χ1n) is 9.88. The largest absolute Gasteiger partial charge is 0.356 e. The van der Waals surface area contributed by atoms with Crippen molar-refractivity contribution in [2.24, 2.45) is 0 Å². The highest BCUT2D eigenvalue weighted by Crippen LogP contribution is 2.28. The fraction of sp³-hybridized carbons (Fsp3) is 0.318. The van der Waals surface area contributed by atoms with Crippen molar-refractivity contribution in [3.63, 3.8) is 0 Å². The van der Waals surface area contributed by atoms with Crippen molar-refractivity contribution in [1.82, 2.24) is 14.9 Å². The fourth-order valence-electron chi connectivity index (χ4n) is 2.97. The van der Waals surface area contributed by atoms with Gasteiger partial charge in [0.05, 0.1) is 21.6 Å². The van der Waals surface area contributed by atoms with E-state index in [9.17, 15) is 9.59 Å². The number of halogens is 2. The van der Waals surface area contributed by atoms with E-state index in [0.29, 0.717) is 56.9 Å². The SMILES string of the molecule is CCCCNC(=O)CCCSc1nc2ccccc2c(=O)n1-c1ccc(Cl)cc1Cl. The molecule has 0 unspecified atom stereocenters. The maximum absolute atomic E-state index is 13.2. The van der Waals surface area contributed by atoms with Crippen LogP contribution in [0.3, 0.4) is 0 Å². The van der Waals surface area contributed by atoms with Crippen LogP contribution in [0, 0.1) is 0 Å². The Hall–Kier alpha value is -2.02. The fourth-order valence-corrected chi connectivity index (χ4v) is 4.41. The highest BCUT2D eigenvalue weighted by Gasteiger charge is 2.16. The van der Waals surface area contributed by atoms with Crippen LogP contribution in [0.5, 0.6) is 0 Å². The molecule has 0 radical (unpaired) electrons. The summed E-state index contributed by atoms with van der Waals surface area (Å²) < 4.78 is 1.52. The van der Waals surface area contributed by atoms with Crippen LogP contribution in [-0.2, 0) is 4.79 Å².